The molecule has 3 aromatic rings. The maximum absolute atomic E-state index is 12.9. The minimum Gasteiger partial charge on any atom is -0.448 e. The minimum absolute atomic E-state index is 0.325. The van der Waals surface area contributed by atoms with Crippen LogP contribution in [-0.2, 0) is 16.0 Å². The Morgan fingerprint density at radius 1 is 1.03 bits per heavy atom. The van der Waals surface area contributed by atoms with E-state index in [9.17, 15) is 9.59 Å². The number of esters is 1. The number of nitrogens with zero attached hydrogens (tertiary/aromatic N) is 2. The summed E-state index contributed by atoms with van der Waals surface area (Å²) < 4.78 is 5.40. The summed E-state index contributed by atoms with van der Waals surface area (Å²) >= 11 is 0. The summed E-state index contributed by atoms with van der Waals surface area (Å²) in [5.74, 6) is -0.780. The fourth-order valence-electron chi connectivity index (χ4n) is 4.38. The lowest BCUT2D eigenvalue weighted by Gasteiger charge is -2.30. The summed E-state index contributed by atoms with van der Waals surface area (Å²) in [6.07, 6.45) is 6.74. The van der Waals surface area contributed by atoms with E-state index in [1.54, 1.807) is 24.5 Å². The van der Waals surface area contributed by atoms with Gasteiger partial charge in [-0.1, -0.05) is 18.2 Å². The van der Waals surface area contributed by atoms with Crippen molar-refractivity contribution >= 4 is 34.0 Å². The van der Waals surface area contributed by atoms with Crippen LogP contribution in [0, 0.1) is 0 Å². The predicted molar refractivity (Wildman–Crippen MR) is 116 cm³/mol. The highest BCUT2D eigenvalue weighted by Gasteiger charge is 2.31. The molecule has 30 heavy (non-hydrogen) atoms. The highest BCUT2D eigenvalue weighted by atomic mass is 16.5. The van der Waals surface area contributed by atoms with Gasteiger partial charge in [0.2, 0.25) is 0 Å². The van der Waals surface area contributed by atoms with Gasteiger partial charge >= 0.3 is 5.97 Å². The average molecular weight is 401 g/mol. The Bertz CT molecular complexity index is 1120. The van der Waals surface area contributed by atoms with Gasteiger partial charge in [-0.2, -0.15) is 0 Å². The summed E-state index contributed by atoms with van der Waals surface area (Å²) in [6.45, 7) is 2.08. The molecule has 1 fully saturated rings. The van der Waals surface area contributed by atoms with E-state index < -0.39 is 12.1 Å². The summed E-state index contributed by atoms with van der Waals surface area (Å²) in [5, 5.41) is 4.91. The zero-order valence-electron chi connectivity index (χ0n) is 16.6. The second kappa shape index (κ2) is 7.78. The number of anilines is 2. The Balaban J connectivity index is 1.42. The molecule has 6 nitrogen and oxygen atoms in total. The van der Waals surface area contributed by atoms with E-state index in [4.69, 9.17) is 4.74 Å². The second-order valence-corrected chi connectivity index (χ2v) is 7.85. The topological polar surface area (TPSA) is 71.5 Å². The number of rotatable bonds is 3. The highest BCUT2D eigenvalue weighted by molar-refractivity contribution is 6.08. The monoisotopic (exact) mass is 401 g/mol. The number of pyridine rings is 1. The van der Waals surface area contributed by atoms with E-state index in [2.05, 4.69) is 21.3 Å². The summed E-state index contributed by atoms with van der Waals surface area (Å²) in [4.78, 5) is 31.9. The number of cyclic esters (lactones) is 1. The number of amides is 1. The fraction of sp³-hybridized carbons (Fsp3) is 0.292. The smallest absolute Gasteiger partial charge is 0.339 e. The number of carbonyl (C=O) groups excluding carboxylic acids is 2. The SMILES string of the molecule is O=C1OC(C(=O)Nc2ccc(N3CCCCC3)c3ccncc23)Cc2ccccc21. The van der Waals surface area contributed by atoms with Crippen LogP contribution in [0.15, 0.2) is 54.9 Å². The third kappa shape index (κ3) is 3.38. The van der Waals surface area contributed by atoms with E-state index in [0.29, 0.717) is 17.7 Å². The zero-order valence-corrected chi connectivity index (χ0v) is 16.6. The first-order valence-electron chi connectivity index (χ1n) is 10.4. The number of fused-ring (bicyclic) bond motifs is 2. The molecule has 2 aliphatic rings. The molecule has 1 atom stereocenters. The molecule has 1 saturated heterocycles. The predicted octanol–water partition coefficient (Wildman–Crippen LogP) is 3.95. The molecule has 6 heteroatoms. The van der Waals surface area contributed by atoms with Crippen molar-refractivity contribution in [3.8, 4) is 0 Å². The van der Waals surface area contributed by atoms with Crippen molar-refractivity contribution in [2.24, 2.45) is 0 Å². The number of hydrogen-bond acceptors (Lipinski definition) is 5. The molecule has 1 aromatic heterocycles. The van der Waals surface area contributed by atoms with Crippen LogP contribution in [0.4, 0.5) is 11.4 Å². The molecule has 0 radical (unpaired) electrons. The normalized spacial score (nSPS) is 18.6. The Kier molecular flexibility index (Phi) is 4.83. The van der Waals surface area contributed by atoms with Crippen molar-refractivity contribution in [3.05, 3.63) is 66.0 Å². The van der Waals surface area contributed by atoms with Gasteiger partial charge in [-0.05, 0) is 49.1 Å². The van der Waals surface area contributed by atoms with Gasteiger partial charge in [0.25, 0.3) is 5.91 Å². The second-order valence-electron chi connectivity index (χ2n) is 7.85. The molecule has 1 N–H and O–H groups in total. The third-order valence-corrected chi connectivity index (χ3v) is 5.93. The molecule has 2 aromatic carbocycles. The zero-order chi connectivity index (χ0) is 20.5. The number of carbonyl (C=O) groups is 2. The lowest BCUT2D eigenvalue weighted by atomic mass is 9.98. The Morgan fingerprint density at radius 2 is 1.87 bits per heavy atom. The molecular formula is C24H23N3O3. The Labute approximate surface area is 174 Å². The summed E-state index contributed by atoms with van der Waals surface area (Å²) in [5.41, 5.74) is 3.21. The molecule has 2 aliphatic heterocycles. The van der Waals surface area contributed by atoms with Crippen molar-refractivity contribution in [1.82, 2.24) is 4.98 Å². The van der Waals surface area contributed by atoms with Crippen LogP contribution in [-0.4, -0.2) is 36.1 Å². The van der Waals surface area contributed by atoms with Crippen LogP contribution in [0.5, 0.6) is 0 Å². The van der Waals surface area contributed by atoms with E-state index in [-0.39, 0.29) is 5.91 Å². The van der Waals surface area contributed by atoms with Crippen molar-refractivity contribution in [2.75, 3.05) is 23.3 Å². The van der Waals surface area contributed by atoms with Crippen molar-refractivity contribution in [2.45, 2.75) is 31.8 Å². The minimum atomic E-state index is -0.846. The molecule has 1 amide bonds. The standard InChI is InChI=1S/C24H23N3O3/c28-23(22-14-16-6-2-3-7-17(16)24(29)30-22)26-20-8-9-21(27-12-4-1-5-13-27)18-10-11-25-15-19(18)20/h2-3,6-11,15,22H,1,4-5,12-14H2,(H,26,28). The number of ether oxygens (including phenoxy) is 1. The van der Waals surface area contributed by atoms with E-state index in [0.717, 1.165) is 29.4 Å². The molecular weight excluding hydrogens is 378 g/mol. The van der Waals surface area contributed by atoms with Crippen molar-refractivity contribution in [3.63, 3.8) is 0 Å². The first-order chi connectivity index (χ1) is 14.7. The summed E-state index contributed by atoms with van der Waals surface area (Å²) in [7, 11) is 0. The first kappa shape index (κ1) is 18.6. The van der Waals surface area contributed by atoms with Gasteiger partial charge < -0.3 is 15.0 Å². The molecule has 0 spiro atoms. The molecule has 0 bridgehead atoms. The first-order valence-corrected chi connectivity index (χ1v) is 10.4. The molecule has 1 unspecified atom stereocenters. The largest absolute Gasteiger partial charge is 0.448 e. The van der Waals surface area contributed by atoms with Crippen LogP contribution in [0.3, 0.4) is 0 Å². The lowest BCUT2D eigenvalue weighted by Crippen LogP contribution is -2.38. The molecule has 5 rings (SSSR count). The van der Waals surface area contributed by atoms with Gasteiger partial charge in [0.1, 0.15) is 0 Å². The molecule has 152 valence electrons. The maximum atomic E-state index is 12.9. The van der Waals surface area contributed by atoms with E-state index in [1.165, 1.54) is 24.9 Å². The number of aromatic nitrogens is 1. The highest BCUT2D eigenvalue weighted by Crippen LogP contribution is 2.33. The van der Waals surface area contributed by atoms with Crippen molar-refractivity contribution in [1.29, 1.82) is 0 Å². The quantitative estimate of drug-likeness (QED) is 0.673. The lowest BCUT2D eigenvalue weighted by molar-refractivity contribution is -0.125. The number of nitrogens with one attached hydrogen (secondary N) is 1. The van der Waals surface area contributed by atoms with Crippen LogP contribution in [0.1, 0.15) is 35.2 Å². The fourth-order valence-corrected chi connectivity index (χ4v) is 4.38. The molecule has 3 heterocycles. The van der Waals surface area contributed by atoms with Gasteiger partial charge in [0.15, 0.2) is 6.10 Å². The summed E-state index contributed by atoms with van der Waals surface area (Å²) in [6, 6.07) is 13.2. The maximum Gasteiger partial charge on any atom is 0.339 e. The van der Waals surface area contributed by atoms with E-state index in [1.807, 2.05) is 24.3 Å². The van der Waals surface area contributed by atoms with Crippen molar-refractivity contribution < 1.29 is 14.3 Å². The van der Waals surface area contributed by atoms with Gasteiger partial charge in [-0.15, -0.1) is 0 Å². The molecule has 0 saturated carbocycles. The van der Waals surface area contributed by atoms with Crippen LogP contribution in [0.2, 0.25) is 0 Å². The van der Waals surface area contributed by atoms with Crippen LogP contribution >= 0.6 is 0 Å². The Morgan fingerprint density at radius 3 is 2.73 bits per heavy atom. The number of benzene rings is 2. The van der Waals surface area contributed by atoms with Gasteiger partial charge in [-0.3, -0.25) is 9.78 Å². The Hall–Kier alpha value is -3.41. The van der Waals surface area contributed by atoms with Gasteiger partial charge in [0.05, 0.1) is 11.3 Å². The average Bonchev–Trinajstić information content (AvgIpc) is 2.80. The third-order valence-electron chi connectivity index (χ3n) is 5.93. The number of hydrogen-bond donors (Lipinski definition) is 1. The number of piperidine rings is 1. The molecule has 0 aliphatic carbocycles. The van der Waals surface area contributed by atoms with Crippen LogP contribution < -0.4 is 10.2 Å². The van der Waals surface area contributed by atoms with E-state index >= 15 is 0 Å². The van der Waals surface area contributed by atoms with Gasteiger partial charge in [-0.25, -0.2) is 4.79 Å². The van der Waals surface area contributed by atoms with Gasteiger partial charge in [0, 0.05) is 48.4 Å². The van der Waals surface area contributed by atoms with Crippen LogP contribution in [0.25, 0.3) is 10.8 Å².